The molecule has 5 nitrogen and oxygen atoms in total. The minimum absolute atomic E-state index is 0. The number of guanidine groups is 1. The van der Waals surface area contributed by atoms with Crippen molar-refractivity contribution in [1.29, 1.82) is 0 Å². The van der Waals surface area contributed by atoms with Crippen LogP contribution in [0, 0.1) is 5.82 Å². The van der Waals surface area contributed by atoms with E-state index in [1.54, 1.807) is 30.5 Å². The number of ether oxygens (including phenoxy) is 1. The van der Waals surface area contributed by atoms with Crippen LogP contribution in [0.1, 0.15) is 29.3 Å². The van der Waals surface area contributed by atoms with Crippen LogP contribution in [-0.2, 0) is 10.2 Å². The number of nitrogens with one attached hydrogen (secondary N) is 2. The van der Waals surface area contributed by atoms with E-state index in [0.29, 0.717) is 12.6 Å². The second-order valence-corrected chi connectivity index (χ2v) is 8.73. The molecule has 1 aromatic carbocycles. The van der Waals surface area contributed by atoms with Gasteiger partial charge in [0, 0.05) is 43.5 Å². The highest BCUT2D eigenvalue weighted by Crippen LogP contribution is 2.48. The summed E-state index contributed by atoms with van der Waals surface area (Å²) in [4.78, 5) is 8.21. The summed E-state index contributed by atoms with van der Waals surface area (Å²) >= 11 is 1.79. The van der Waals surface area contributed by atoms with E-state index in [4.69, 9.17) is 4.74 Å². The third-order valence-corrected chi connectivity index (χ3v) is 6.91. The fourth-order valence-electron chi connectivity index (χ4n) is 4.03. The first-order valence-electron chi connectivity index (χ1n) is 10.3. The molecule has 1 aliphatic heterocycles. The first-order chi connectivity index (χ1) is 14.2. The number of thiophene rings is 1. The normalized spacial score (nSPS) is 19.6. The average molecular weight is 544 g/mol. The van der Waals surface area contributed by atoms with E-state index < -0.39 is 0 Å². The van der Waals surface area contributed by atoms with Crippen molar-refractivity contribution in [3.63, 3.8) is 0 Å². The van der Waals surface area contributed by atoms with Gasteiger partial charge < -0.3 is 15.4 Å². The standard InChI is InChI=1S/C22H29FN4OS.HI/c1-24-21(26-16-22(8-9-22)17-5-2-3-6-18(17)23)25-15-19(20-7-4-14-29-20)27-10-12-28-13-11-27;/h2-7,14,19H,8-13,15-16H2,1H3,(H2,24,25,26);1H. The molecule has 0 spiro atoms. The molecule has 2 heterocycles. The van der Waals surface area contributed by atoms with E-state index in [1.165, 1.54) is 4.88 Å². The van der Waals surface area contributed by atoms with Crippen LogP contribution < -0.4 is 10.6 Å². The molecule has 4 rings (SSSR count). The van der Waals surface area contributed by atoms with Crippen LogP contribution in [0.25, 0.3) is 0 Å². The van der Waals surface area contributed by atoms with Crippen molar-refractivity contribution in [3.8, 4) is 0 Å². The quantitative estimate of drug-likeness (QED) is 0.317. The zero-order valence-corrected chi connectivity index (χ0v) is 20.4. The highest BCUT2D eigenvalue weighted by Gasteiger charge is 2.45. The van der Waals surface area contributed by atoms with E-state index >= 15 is 0 Å². The molecule has 1 saturated carbocycles. The van der Waals surface area contributed by atoms with E-state index in [0.717, 1.165) is 57.2 Å². The van der Waals surface area contributed by atoms with Crippen molar-refractivity contribution < 1.29 is 9.13 Å². The lowest BCUT2D eigenvalue weighted by Crippen LogP contribution is -2.47. The van der Waals surface area contributed by atoms with Gasteiger partial charge in [0.05, 0.1) is 19.3 Å². The Morgan fingerprint density at radius 2 is 1.97 bits per heavy atom. The van der Waals surface area contributed by atoms with Crippen molar-refractivity contribution in [2.24, 2.45) is 4.99 Å². The van der Waals surface area contributed by atoms with Gasteiger partial charge in [-0.25, -0.2) is 4.39 Å². The average Bonchev–Trinajstić information content (AvgIpc) is 3.35. The molecule has 1 saturated heterocycles. The van der Waals surface area contributed by atoms with Crippen LogP contribution >= 0.6 is 35.3 Å². The smallest absolute Gasteiger partial charge is 0.191 e. The van der Waals surface area contributed by atoms with Crippen LogP contribution in [0.5, 0.6) is 0 Å². The Bertz CT molecular complexity index is 822. The largest absolute Gasteiger partial charge is 0.379 e. The first-order valence-corrected chi connectivity index (χ1v) is 11.1. The summed E-state index contributed by atoms with van der Waals surface area (Å²) in [6.07, 6.45) is 2.01. The second-order valence-electron chi connectivity index (χ2n) is 7.75. The Balaban J connectivity index is 0.00000256. The summed E-state index contributed by atoms with van der Waals surface area (Å²) in [6.45, 7) is 4.89. The molecule has 164 valence electrons. The Morgan fingerprint density at radius 1 is 1.20 bits per heavy atom. The van der Waals surface area contributed by atoms with Gasteiger partial charge in [-0.15, -0.1) is 35.3 Å². The topological polar surface area (TPSA) is 48.9 Å². The number of aliphatic imine (C=N–C) groups is 1. The number of rotatable bonds is 7. The molecule has 2 aliphatic rings. The summed E-state index contributed by atoms with van der Waals surface area (Å²) in [6, 6.07) is 11.7. The van der Waals surface area contributed by atoms with Gasteiger partial charge in [-0.05, 0) is 35.9 Å². The maximum absolute atomic E-state index is 14.3. The molecule has 1 aliphatic carbocycles. The minimum atomic E-state index is -0.111. The monoisotopic (exact) mass is 544 g/mol. The van der Waals surface area contributed by atoms with Crippen molar-refractivity contribution in [2.45, 2.75) is 24.3 Å². The fraction of sp³-hybridized carbons (Fsp3) is 0.500. The Hall–Kier alpha value is -1.23. The summed E-state index contributed by atoms with van der Waals surface area (Å²) in [5, 5.41) is 9.05. The van der Waals surface area contributed by atoms with Crippen molar-refractivity contribution >= 4 is 41.3 Å². The molecule has 0 amide bonds. The molecular weight excluding hydrogens is 514 g/mol. The van der Waals surface area contributed by atoms with E-state index in [1.807, 2.05) is 12.1 Å². The molecule has 1 unspecified atom stereocenters. The molecule has 30 heavy (non-hydrogen) atoms. The van der Waals surface area contributed by atoms with Gasteiger partial charge in [-0.1, -0.05) is 24.3 Å². The van der Waals surface area contributed by atoms with Crippen LogP contribution in [0.4, 0.5) is 4.39 Å². The Morgan fingerprint density at radius 3 is 2.60 bits per heavy atom. The van der Waals surface area contributed by atoms with E-state index in [2.05, 4.69) is 38.0 Å². The number of hydrogen-bond acceptors (Lipinski definition) is 4. The first kappa shape index (κ1) is 23.4. The predicted molar refractivity (Wildman–Crippen MR) is 132 cm³/mol. The zero-order chi connectivity index (χ0) is 20.1. The zero-order valence-electron chi connectivity index (χ0n) is 17.3. The maximum Gasteiger partial charge on any atom is 0.191 e. The van der Waals surface area contributed by atoms with Gasteiger partial charge in [-0.2, -0.15) is 0 Å². The third kappa shape index (κ3) is 5.52. The van der Waals surface area contributed by atoms with Crippen LogP contribution in [-0.4, -0.2) is 57.3 Å². The Labute approximate surface area is 199 Å². The second kappa shape index (κ2) is 10.9. The molecule has 1 atom stereocenters. The molecule has 2 N–H and O–H groups in total. The molecule has 2 fully saturated rings. The minimum Gasteiger partial charge on any atom is -0.379 e. The summed E-state index contributed by atoms with van der Waals surface area (Å²) in [5.41, 5.74) is 0.702. The summed E-state index contributed by atoms with van der Waals surface area (Å²) in [5.74, 6) is 0.655. The van der Waals surface area contributed by atoms with Crippen LogP contribution in [0.15, 0.2) is 46.8 Å². The summed E-state index contributed by atoms with van der Waals surface area (Å²) in [7, 11) is 1.78. The van der Waals surface area contributed by atoms with Gasteiger partial charge in [0.1, 0.15) is 5.82 Å². The molecule has 8 heteroatoms. The predicted octanol–water partition coefficient (Wildman–Crippen LogP) is 3.78. The van der Waals surface area contributed by atoms with Gasteiger partial charge in [0.15, 0.2) is 5.96 Å². The fourth-order valence-corrected chi connectivity index (χ4v) is 4.89. The SMILES string of the molecule is CN=C(NCC(c1cccs1)N1CCOCC1)NCC1(c2ccccc2F)CC1.I. The molecule has 1 aromatic heterocycles. The number of hydrogen-bond donors (Lipinski definition) is 2. The van der Waals surface area contributed by atoms with Gasteiger partial charge in [0.25, 0.3) is 0 Å². The number of halogens is 2. The Kier molecular flexibility index (Phi) is 8.50. The number of nitrogens with zero attached hydrogens (tertiary/aromatic N) is 2. The van der Waals surface area contributed by atoms with Gasteiger partial charge in [-0.3, -0.25) is 9.89 Å². The van der Waals surface area contributed by atoms with Crippen molar-refractivity contribution in [2.75, 3.05) is 46.4 Å². The van der Waals surface area contributed by atoms with E-state index in [9.17, 15) is 4.39 Å². The van der Waals surface area contributed by atoms with Gasteiger partial charge >= 0.3 is 0 Å². The highest BCUT2D eigenvalue weighted by molar-refractivity contribution is 14.0. The lowest BCUT2D eigenvalue weighted by atomic mass is 9.95. The molecule has 2 aromatic rings. The van der Waals surface area contributed by atoms with Gasteiger partial charge in [0.2, 0.25) is 0 Å². The third-order valence-electron chi connectivity index (χ3n) is 5.94. The summed E-state index contributed by atoms with van der Waals surface area (Å²) < 4.78 is 19.8. The number of morpholine rings is 1. The lowest BCUT2D eigenvalue weighted by Gasteiger charge is -2.34. The van der Waals surface area contributed by atoms with Crippen LogP contribution in [0.3, 0.4) is 0 Å². The molecule has 0 bridgehead atoms. The number of benzene rings is 1. The molecule has 0 radical (unpaired) electrons. The maximum atomic E-state index is 14.3. The lowest BCUT2D eigenvalue weighted by molar-refractivity contribution is 0.0177. The van der Waals surface area contributed by atoms with Crippen molar-refractivity contribution in [3.05, 3.63) is 58.0 Å². The highest BCUT2D eigenvalue weighted by atomic mass is 127. The van der Waals surface area contributed by atoms with E-state index in [-0.39, 0.29) is 35.2 Å². The van der Waals surface area contributed by atoms with Crippen LogP contribution in [0.2, 0.25) is 0 Å². The molecular formula is C22H30FIN4OS. The van der Waals surface area contributed by atoms with Crippen molar-refractivity contribution in [1.82, 2.24) is 15.5 Å².